The van der Waals surface area contributed by atoms with Crippen molar-refractivity contribution in [2.75, 3.05) is 5.32 Å². The van der Waals surface area contributed by atoms with E-state index in [1.54, 1.807) is 17.5 Å². The zero-order valence-corrected chi connectivity index (χ0v) is 12.9. The van der Waals surface area contributed by atoms with Gasteiger partial charge in [0.1, 0.15) is 5.01 Å². The molecule has 4 nitrogen and oxygen atoms in total. The predicted molar refractivity (Wildman–Crippen MR) is 89.7 cm³/mol. The molecule has 2 aromatic heterocycles. The molecular formula is C17H15N3OS. The first-order chi connectivity index (χ1) is 10.8. The summed E-state index contributed by atoms with van der Waals surface area (Å²) in [6.07, 6.45) is 2.24. The number of nitrogens with one attached hydrogen (secondary N) is 1. The minimum atomic E-state index is 0.0128. The largest absolute Gasteiger partial charge is 0.326 e. The van der Waals surface area contributed by atoms with E-state index in [2.05, 4.69) is 15.3 Å². The van der Waals surface area contributed by atoms with E-state index in [-0.39, 0.29) is 5.91 Å². The molecule has 3 aromatic rings. The summed E-state index contributed by atoms with van der Waals surface area (Å²) in [4.78, 5) is 20.3. The molecule has 1 amide bonds. The van der Waals surface area contributed by atoms with Crippen LogP contribution < -0.4 is 5.32 Å². The molecule has 0 unspecified atom stereocenters. The minimum Gasteiger partial charge on any atom is -0.326 e. The highest BCUT2D eigenvalue weighted by atomic mass is 32.1. The number of thiazole rings is 1. The average Bonchev–Trinajstić information content (AvgIpc) is 3.06. The maximum Gasteiger partial charge on any atom is 0.224 e. The number of aromatic nitrogens is 2. The molecule has 1 aromatic carbocycles. The average molecular weight is 309 g/mol. The highest BCUT2D eigenvalue weighted by Crippen LogP contribution is 2.28. The fraction of sp³-hybridized carbons (Fsp3) is 0.118. The molecule has 0 aliphatic heterocycles. The van der Waals surface area contributed by atoms with Crippen LogP contribution in [0.1, 0.15) is 13.3 Å². The number of benzene rings is 1. The molecule has 110 valence electrons. The van der Waals surface area contributed by atoms with Crippen LogP contribution in [0.4, 0.5) is 5.69 Å². The number of rotatable bonds is 4. The second-order valence-electron chi connectivity index (χ2n) is 4.73. The number of nitrogens with zero attached hydrogens (tertiary/aromatic N) is 2. The minimum absolute atomic E-state index is 0.0128. The van der Waals surface area contributed by atoms with E-state index < -0.39 is 0 Å². The summed E-state index contributed by atoms with van der Waals surface area (Å²) >= 11 is 1.57. The smallest absolute Gasteiger partial charge is 0.224 e. The lowest BCUT2D eigenvalue weighted by Gasteiger charge is -2.04. The maximum atomic E-state index is 11.4. The normalized spacial score (nSPS) is 10.4. The molecule has 0 saturated heterocycles. The first-order valence-electron chi connectivity index (χ1n) is 7.03. The molecule has 5 heteroatoms. The Morgan fingerprint density at radius 2 is 1.95 bits per heavy atom. The van der Waals surface area contributed by atoms with Crippen molar-refractivity contribution in [3.8, 4) is 22.0 Å². The van der Waals surface area contributed by atoms with Gasteiger partial charge in [-0.25, -0.2) is 4.98 Å². The molecule has 2 heterocycles. The Kier molecular flexibility index (Phi) is 4.25. The number of pyridine rings is 1. The lowest BCUT2D eigenvalue weighted by atomic mass is 10.1. The van der Waals surface area contributed by atoms with Gasteiger partial charge in [0.15, 0.2) is 0 Å². The van der Waals surface area contributed by atoms with Gasteiger partial charge in [-0.15, -0.1) is 11.3 Å². The third-order valence-corrected chi connectivity index (χ3v) is 4.04. The number of carbonyl (C=O) groups is 1. The standard InChI is InChI=1S/C17H15N3OS/c1-2-16(21)19-13-8-6-12(7-9-13)15-11-22-17(20-15)14-5-3-4-10-18-14/h3-11H,2H2,1H3,(H,19,21). The van der Waals surface area contributed by atoms with Crippen LogP contribution in [0, 0.1) is 0 Å². The van der Waals surface area contributed by atoms with Crippen LogP contribution in [0.3, 0.4) is 0 Å². The van der Waals surface area contributed by atoms with Crippen molar-refractivity contribution in [3.63, 3.8) is 0 Å². The monoisotopic (exact) mass is 309 g/mol. The molecule has 0 saturated carbocycles. The van der Waals surface area contributed by atoms with Crippen molar-refractivity contribution in [1.29, 1.82) is 0 Å². The number of anilines is 1. The fourth-order valence-electron chi connectivity index (χ4n) is 1.99. The van der Waals surface area contributed by atoms with Crippen molar-refractivity contribution < 1.29 is 4.79 Å². The molecule has 0 aliphatic rings. The van der Waals surface area contributed by atoms with Crippen molar-refractivity contribution in [3.05, 3.63) is 54.0 Å². The molecule has 0 fully saturated rings. The van der Waals surface area contributed by atoms with Crippen LogP contribution >= 0.6 is 11.3 Å². The summed E-state index contributed by atoms with van der Waals surface area (Å²) in [5.74, 6) is 0.0128. The van der Waals surface area contributed by atoms with Crippen molar-refractivity contribution in [2.45, 2.75) is 13.3 Å². The van der Waals surface area contributed by atoms with Gasteiger partial charge in [0.2, 0.25) is 5.91 Å². The van der Waals surface area contributed by atoms with E-state index in [9.17, 15) is 4.79 Å². The van der Waals surface area contributed by atoms with E-state index in [0.29, 0.717) is 6.42 Å². The zero-order valence-electron chi connectivity index (χ0n) is 12.1. The number of amides is 1. The molecule has 22 heavy (non-hydrogen) atoms. The number of hydrogen-bond acceptors (Lipinski definition) is 4. The van der Waals surface area contributed by atoms with Crippen molar-refractivity contribution in [1.82, 2.24) is 9.97 Å². The van der Waals surface area contributed by atoms with E-state index >= 15 is 0 Å². The Morgan fingerprint density at radius 1 is 1.14 bits per heavy atom. The van der Waals surface area contributed by atoms with E-state index in [1.165, 1.54) is 0 Å². The second kappa shape index (κ2) is 6.49. The SMILES string of the molecule is CCC(=O)Nc1ccc(-c2csc(-c3ccccn3)n2)cc1. The van der Waals surface area contributed by atoms with Gasteiger partial charge in [-0.2, -0.15) is 0 Å². The fourth-order valence-corrected chi connectivity index (χ4v) is 2.79. The molecule has 3 rings (SSSR count). The van der Waals surface area contributed by atoms with Crippen LogP contribution in [-0.4, -0.2) is 15.9 Å². The first kappa shape index (κ1) is 14.4. The molecule has 0 bridgehead atoms. The summed E-state index contributed by atoms with van der Waals surface area (Å²) in [7, 11) is 0. The van der Waals surface area contributed by atoms with Gasteiger partial charge in [-0.3, -0.25) is 9.78 Å². The first-order valence-corrected chi connectivity index (χ1v) is 7.91. The highest BCUT2D eigenvalue weighted by Gasteiger charge is 2.07. The van der Waals surface area contributed by atoms with Gasteiger partial charge in [0.25, 0.3) is 0 Å². The maximum absolute atomic E-state index is 11.4. The summed E-state index contributed by atoms with van der Waals surface area (Å²) < 4.78 is 0. The molecule has 0 spiro atoms. The topological polar surface area (TPSA) is 54.9 Å². The van der Waals surface area contributed by atoms with Gasteiger partial charge < -0.3 is 5.32 Å². The third-order valence-electron chi connectivity index (χ3n) is 3.17. The lowest BCUT2D eigenvalue weighted by Crippen LogP contribution is -2.08. The number of carbonyl (C=O) groups excluding carboxylic acids is 1. The Balaban J connectivity index is 1.80. The molecular weight excluding hydrogens is 294 g/mol. The summed E-state index contributed by atoms with van der Waals surface area (Å²) in [6, 6.07) is 13.5. The Hall–Kier alpha value is -2.53. The van der Waals surface area contributed by atoms with Crippen LogP contribution in [0.15, 0.2) is 54.0 Å². The van der Waals surface area contributed by atoms with Crippen LogP contribution in [0.2, 0.25) is 0 Å². The van der Waals surface area contributed by atoms with Crippen LogP contribution in [0.5, 0.6) is 0 Å². The highest BCUT2D eigenvalue weighted by molar-refractivity contribution is 7.13. The van der Waals surface area contributed by atoms with Crippen LogP contribution in [0.25, 0.3) is 22.0 Å². The Labute approximate surface area is 132 Å². The van der Waals surface area contributed by atoms with Crippen LogP contribution in [-0.2, 0) is 4.79 Å². The quantitative estimate of drug-likeness (QED) is 0.785. The zero-order chi connectivity index (χ0) is 15.4. The van der Waals surface area contributed by atoms with Gasteiger partial charge >= 0.3 is 0 Å². The second-order valence-corrected chi connectivity index (χ2v) is 5.59. The summed E-state index contributed by atoms with van der Waals surface area (Å²) in [6.45, 7) is 1.83. The molecule has 0 aliphatic carbocycles. The molecule has 0 radical (unpaired) electrons. The van der Waals surface area contributed by atoms with Crippen molar-refractivity contribution >= 4 is 22.9 Å². The number of hydrogen-bond donors (Lipinski definition) is 1. The van der Waals surface area contributed by atoms with Gasteiger partial charge in [0, 0.05) is 29.2 Å². The molecule has 1 N–H and O–H groups in total. The van der Waals surface area contributed by atoms with Gasteiger partial charge in [-0.1, -0.05) is 25.1 Å². The van der Waals surface area contributed by atoms with Gasteiger partial charge in [0.05, 0.1) is 11.4 Å². The third kappa shape index (κ3) is 3.20. The van der Waals surface area contributed by atoms with E-state index in [0.717, 1.165) is 27.6 Å². The lowest BCUT2D eigenvalue weighted by molar-refractivity contribution is -0.115. The van der Waals surface area contributed by atoms with Gasteiger partial charge in [-0.05, 0) is 24.3 Å². The van der Waals surface area contributed by atoms with E-state index in [1.807, 2.05) is 54.8 Å². The van der Waals surface area contributed by atoms with E-state index in [4.69, 9.17) is 0 Å². The molecule has 0 atom stereocenters. The summed E-state index contributed by atoms with van der Waals surface area (Å²) in [5.41, 5.74) is 3.62. The van der Waals surface area contributed by atoms with Crippen molar-refractivity contribution in [2.24, 2.45) is 0 Å². The predicted octanol–water partition coefficient (Wildman–Crippen LogP) is 4.22. The Morgan fingerprint density at radius 3 is 2.64 bits per heavy atom. The summed E-state index contributed by atoms with van der Waals surface area (Å²) in [5, 5.41) is 5.75. The Bertz CT molecular complexity index is 766.